The second kappa shape index (κ2) is 9.43. The van der Waals surface area contributed by atoms with Crippen LogP contribution in [0, 0.1) is 5.41 Å². The molecule has 0 amide bonds. The molecule has 2 aliphatic heterocycles. The molecule has 2 saturated heterocycles. The Morgan fingerprint density at radius 2 is 2.00 bits per heavy atom. The normalized spacial score (nSPS) is 17.7. The molecule has 186 valence electrons. The first-order valence-electron chi connectivity index (χ1n) is 12.2. The largest absolute Gasteiger partial charge is 0.481 e. The lowest BCUT2D eigenvalue weighted by Gasteiger charge is -2.55. The van der Waals surface area contributed by atoms with Gasteiger partial charge >= 0.3 is 0 Å². The van der Waals surface area contributed by atoms with Crippen molar-refractivity contribution in [3.05, 3.63) is 46.0 Å². The van der Waals surface area contributed by atoms with Crippen LogP contribution in [0.2, 0.25) is 0 Å². The molecule has 3 aromatic heterocycles. The molecule has 0 aromatic carbocycles. The van der Waals surface area contributed by atoms with Crippen molar-refractivity contribution in [2.45, 2.75) is 45.8 Å². The highest BCUT2D eigenvalue weighted by Crippen LogP contribution is 2.38. The van der Waals surface area contributed by atoms with Crippen LogP contribution in [0.3, 0.4) is 0 Å². The molecule has 0 aliphatic carbocycles. The van der Waals surface area contributed by atoms with Crippen LogP contribution >= 0.6 is 0 Å². The number of hydrogen-bond acceptors (Lipinski definition) is 9. The van der Waals surface area contributed by atoms with E-state index in [-0.39, 0.29) is 17.5 Å². The zero-order valence-corrected chi connectivity index (χ0v) is 20.6. The molecule has 35 heavy (non-hydrogen) atoms. The minimum atomic E-state index is -0.187. The molecule has 10 heteroatoms. The Morgan fingerprint density at radius 3 is 2.69 bits per heavy atom. The number of nitrogens with zero attached hydrogens (tertiary/aromatic N) is 5. The predicted molar refractivity (Wildman–Crippen MR) is 135 cm³/mol. The van der Waals surface area contributed by atoms with E-state index in [1.165, 1.54) is 0 Å². The second-order valence-electron chi connectivity index (χ2n) is 9.88. The molecular weight excluding hydrogens is 446 g/mol. The standard InChI is InChI=1S/C25H33N7O3/c1-4-5-16(2)27-21-20-19(29-24(26)30-21)8-9-32(23(20)33)10-17-6-7-18(28-22(17)34-3)11-31-12-25(13-31)14-35-15-25/h6-9,16H,4-5,10-15H2,1-3H3,(H3,26,27,29,30). The summed E-state index contributed by atoms with van der Waals surface area (Å²) >= 11 is 0. The summed E-state index contributed by atoms with van der Waals surface area (Å²) in [6.45, 7) is 9.11. The van der Waals surface area contributed by atoms with Gasteiger partial charge in [0.2, 0.25) is 11.8 Å². The predicted octanol–water partition coefficient (Wildman–Crippen LogP) is 2.26. The highest BCUT2D eigenvalue weighted by molar-refractivity contribution is 5.89. The van der Waals surface area contributed by atoms with E-state index in [9.17, 15) is 4.79 Å². The van der Waals surface area contributed by atoms with E-state index < -0.39 is 0 Å². The van der Waals surface area contributed by atoms with Crippen LogP contribution in [0.4, 0.5) is 11.8 Å². The molecule has 0 saturated carbocycles. The Labute approximate surface area is 204 Å². The van der Waals surface area contributed by atoms with Crippen LogP contribution in [-0.2, 0) is 17.8 Å². The third-order valence-corrected chi connectivity index (χ3v) is 6.80. The summed E-state index contributed by atoms with van der Waals surface area (Å²) in [6, 6.07) is 5.94. The number of hydrogen-bond donors (Lipinski definition) is 2. The van der Waals surface area contributed by atoms with Crippen molar-refractivity contribution in [1.82, 2.24) is 24.4 Å². The summed E-state index contributed by atoms with van der Waals surface area (Å²) in [4.78, 5) is 29.2. The zero-order valence-electron chi connectivity index (χ0n) is 20.6. The Morgan fingerprint density at radius 1 is 1.20 bits per heavy atom. The average Bonchev–Trinajstić information content (AvgIpc) is 2.77. The number of rotatable bonds is 9. The first-order valence-corrected chi connectivity index (χ1v) is 12.2. The highest BCUT2D eigenvalue weighted by Gasteiger charge is 2.48. The number of fused-ring (bicyclic) bond motifs is 1. The molecule has 1 spiro atoms. The number of nitrogen functional groups attached to an aromatic ring is 1. The molecule has 5 heterocycles. The first-order chi connectivity index (χ1) is 16.9. The van der Waals surface area contributed by atoms with E-state index >= 15 is 0 Å². The van der Waals surface area contributed by atoms with Crippen LogP contribution in [0.5, 0.6) is 5.88 Å². The van der Waals surface area contributed by atoms with Gasteiger partial charge in [0, 0.05) is 42.9 Å². The molecule has 0 bridgehead atoms. The first kappa shape index (κ1) is 23.5. The summed E-state index contributed by atoms with van der Waals surface area (Å²) in [7, 11) is 1.61. The van der Waals surface area contributed by atoms with Gasteiger partial charge < -0.3 is 25.1 Å². The fourth-order valence-corrected chi connectivity index (χ4v) is 5.06. The van der Waals surface area contributed by atoms with Crippen molar-refractivity contribution in [1.29, 1.82) is 0 Å². The van der Waals surface area contributed by atoms with Gasteiger partial charge in [0.1, 0.15) is 11.2 Å². The van der Waals surface area contributed by atoms with Crippen molar-refractivity contribution in [3.63, 3.8) is 0 Å². The number of nitrogens with two attached hydrogens (primary N) is 1. The van der Waals surface area contributed by atoms with Crippen molar-refractivity contribution in [2.75, 3.05) is 44.5 Å². The van der Waals surface area contributed by atoms with Crippen LogP contribution in [0.15, 0.2) is 29.2 Å². The molecule has 3 aromatic rings. The number of aromatic nitrogens is 4. The summed E-state index contributed by atoms with van der Waals surface area (Å²) in [6.07, 6.45) is 3.70. The second-order valence-corrected chi connectivity index (χ2v) is 9.88. The molecule has 5 rings (SSSR count). The van der Waals surface area contributed by atoms with E-state index in [0.29, 0.717) is 34.6 Å². The van der Waals surface area contributed by atoms with E-state index in [0.717, 1.165) is 56.9 Å². The average molecular weight is 480 g/mol. The van der Waals surface area contributed by atoms with Gasteiger partial charge in [0.15, 0.2) is 0 Å². The fourth-order valence-electron chi connectivity index (χ4n) is 5.06. The molecule has 0 radical (unpaired) electrons. The SMILES string of the molecule is CCCC(C)Nc1nc(N)nc2ccn(Cc3ccc(CN4CC5(COC5)C4)nc3OC)c(=O)c12. The Balaban J connectivity index is 1.39. The number of anilines is 2. The maximum atomic E-state index is 13.5. The van der Waals surface area contributed by atoms with Crippen LogP contribution in [-0.4, -0.2) is 63.9 Å². The van der Waals surface area contributed by atoms with Crippen molar-refractivity contribution in [2.24, 2.45) is 5.41 Å². The van der Waals surface area contributed by atoms with Crippen molar-refractivity contribution in [3.8, 4) is 5.88 Å². The van der Waals surface area contributed by atoms with Crippen LogP contribution in [0.25, 0.3) is 10.9 Å². The fraction of sp³-hybridized carbons (Fsp3) is 0.520. The Bertz CT molecular complexity index is 1280. The Kier molecular flexibility index (Phi) is 6.33. The van der Waals surface area contributed by atoms with Gasteiger partial charge in [-0.2, -0.15) is 4.98 Å². The van der Waals surface area contributed by atoms with E-state index in [1.54, 1.807) is 23.9 Å². The highest BCUT2D eigenvalue weighted by atomic mass is 16.5. The minimum absolute atomic E-state index is 0.139. The van der Waals surface area contributed by atoms with Gasteiger partial charge in [-0.1, -0.05) is 13.3 Å². The van der Waals surface area contributed by atoms with E-state index in [4.69, 9.17) is 20.2 Å². The van der Waals surface area contributed by atoms with Crippen molar-refractivity contribution < 1.29 is 9.47 Å². The summed E-state index contributed by atoms with van der Waals surface area (Å²) in [5.74, 6) is 1.14. The topological polar surface area (TPSA) is 120 Å². The van der Waals surface area contributed by atoms with E-state index in [1.807, 2.05) is 12.1 Å². The number of ether oxygens (including phenoxy) is 2. The monoisotopic (exact) mass is 479 g/mol. The molecule has 2 fully saturated rings. The number of likely N-dealkylation sites (tertiary alicyclic amines) is 1. The lowest BCUT2D eigenvalue weighted by molar-refractivity contribution is -0.191. The maximum absolute atomic E-state index is 13.5. The van der Waals surface area contributed by atoms with Gasteiger partial charge in [0.05, 0.1) is 38.1 Å². The summed E-state index contributed by atoms with van der Waals surface area (Å²) < 4.78 is 12.6. The van der Waals surface area contributed by atoms with Gasteiger partial charge in [-0.15, -0.1) is 0 Å². The van der Waals surface area contributed by atoms with Gasteiger partial charge in [0.25, 0.3) is 5.56 Å². The summed E-state index contributed by atoms with van der Waals surface area (Å²) in [5, 5.41) is 3.77. The lowest BCUT2D eigenvalue weighted by atomic mass is 9.78. The quantitative estimate of drug-likeness (QED) is 0.476. The number of methoxy groups -OCH3 is 1. The molecule has 10 nitrogen and oxygen atoms in total. The number of nitrogens with one attached hydrogen (secondary N) is 1. The third-order valence-electron chi connectivity index (χ3n) is 6.80. The third kappa shape index (κ3) is 4.68. The summed E-state index contributed by atoms with van der Waals surface area (Å²) in [5.41, 5.74) is 8.40. The van der Waals surface area contributed by atoms with E-state index in [2.05, 4.69) is 34.0 Å². The van der Waals surface area contributed by atoms with Crippen LogP contribution in [0.1, 0.15) is 37.9 Å². The molecule has 3 N–H and O–H groups in total. The maximum Gasteiger partial charge on any atom is 0.264 e. The molecule has 1 atom stereocenters. The van der Waals surface area contributed by atoms with Crippen molar-refractivity contribution >= 4 is 22.7 Å². The smallest absolute Gasteiger partial charge is 0.264 e. The van der Waals surface area contributed by atoms with Crippen LogP contribution < -0.4 is 21.3 Å². The van der Waals surface area contributed by atoms with Gasteiger partial charge in [-0.3, -0.25) is 9.69 Å². The Hall–Kier alpha value is -3.24. The van der Waals surface area contributed by atoms with Gasteiger partial charge in [-0.05, 0) is 31.5 Å². The molecule has 1 unspecified atom stereocenters. The van der Waals surface area contributed by atoms with Gasteiger partial charge in [-0.25, -0.2) is 9.97 Å². The zero-order chi connectivity index (χ0) is 24.6. The minimum Gasteiger partial charge on any atom is -0.481 e. The number of pyridine rings is 2. The molecule has 2 aliphatic rings. The molecular formula is C25H33N7O3. The lowest BCUT2D eigenvalue weighted by Crippen LogP contribution is -2.65.